The van der Waals surface area contributed by atoms with Crippen molar-refractivity contribution in [3.05, 3.63) is 0 Å². The minimum atomic E-state index is -1.02. The lowest BCUT2D eigenvalue weighted by molar-refractivity contribution is -0.145. The molecule has 1 unspecified atom stereocenters. The third kappa shape index (κ3) is 4.68. The molecule has 110 valence electrons. The van der Waals surface area contributed by atoms with E-state index in [1.165, 1.54) is 4.90 Å². The molecule has 0 aliphatic carbocycles. The number of hydrogen-bond acceptors (Lipinski definition) is 5. The van der Waals surface area contributed by atoms with E-state index in [0.29, 0.717) is 26.2 Å². The fourth-order valence-electron chi connectivity index (χ4n) is 1.98. The van der Waals surface area contributed by atoms with Gasteiger partial charge in [-0.25, -0.2) is 9.59 Å². The molecule has 1 amide bonds. The number of amides is 1. The van der Waals surface area contributed by atoms with Crippen LogP contribution in [0.5, 0.6) is 0 Å². The first kappa shape index (κ1) is 15.7. The molecule has 19 heavy (non-hydrogen) atoms. The SMILES string of the molecule is CC(C)(C)OC(=O)N1CCN(CCN)CC1C(=O)O. The molecular weight excluding hydrogens is 250 g/mol. The highest BCUT2D eigenvalue weighted by Crippen LogP contribution is 2.15. The van der Waals surface area contributed by atoms with Crippen LogP contribution in [0.4, 0.5) is 4.79 Å². The molecule has 7 heteroatoms. The molecule has 0 aromatic heterocycles. The van der Waals surface area contributed by atoms with Crippen molar-refractivity contribution < 1.29 is 19.4 Å². The van der Waals surface area contributed by atoms with Crippen molar-refractivity contribution in [1.29, 1.82) is 0 Å². The average Bonchev–Trinajstić information content (AvgIpc) is 2.26. The lowest BCUT2D eigenvalue weighted by Crippen LogP contribution is -2.59. The molecule has 1 heterocycles. The minimum absolute atomic E-state index is 0.284. The normalized spacial score (nSPS) is 21.3. The summed E-state index contributed by atoms with van der Waals surface area (Å²) in [6.45, 7) is 7.60. The lowest BCUT2D eigenvalue weighted by atomic mass is 10.1. The maximum Gasteiger partial charge on any atom is 0.411 e. The Morgan fingerprint density at radius 3 is 2.47 bits per heavy atom. The summed E-state index contributed by atoms with van der Waals surface area (Å²) in [6, 6.07) is -0.879. The van der Waals surface area contributed by atoms with Gasteiger partial charge < -0.3 is 15.6 Å². The molecule has 0 radical (unpaired) electrons. The molecule has 1 fully saturated rings. The van der Waals surface area contributed by atoms with Crippen LogP contribution >= 0.6 is 0 Å². The van der Waals surface area contributed by atoms with Crippen molar-refractivity contribution in [2.24, 2.45) is 5.73 Å². The fourth-order valence-corrected chi connectivity index (χ4v) is 1.98. The molecule has 1 atom stereocenters. The summed E-state index contributed by atoms with van der Waals surface area (Å²) in [5, 5.41) is 9.23. The number of aliphatic carboxylic acids is 1. The second-order valence-corrected chi connectivity index (χ2v) is 5.62. The molecule has 0 spiro atoms. The van der Waals surface area contributed by atoms with Gasteiger partial charge in [-0.3, -0.25) is 9.80 Å². The number of carboxylic acids is 1. The van der Waals surface area contributed by atoms with Gasteiger partial charge in [-0.1, -0.05) is 0 Å². The van der Waals surface area contributed by atoms with Gasteiger partial charge in [-0.05, 0) is 20.8 Å². The third-order valence-corrected chi connectivity index (χ3v) is 2.82. The average molecular weight is 273 g/mol. The van der Waals surface area contributed by atoms with Crippen LogP contribution < -0.4 is 5.73 Å². The summed E-state index contributed by atoms with van der Waals surface area (Å²) in [5.41, 5.74) is 4.83. The molecular formula is C12H23N3O4. The van der Waals surface area contributed by atoms with Gasteiger partial charge in [0.1, 0.15) is 11.6 Å². The van der Waals surface area contributed by atoms with E-state index in [2.05, 4.69) is 0 Å². The van der Waals surface area contributed by atoms with Gasteiger partial charge in [0.2, 0.25) is 0 Å². The number of nitrogens with zero attached hydrogens (tertiary/aromatic N) is 2. The smallest absolute Gasteiger partial charge is 0.411 e. The highest BCUT2D eigenvalue weighted by atomic mass is 16.6. The van der Waals surface area contributed by atoms with Crippen molar-refractivity contribution in [1.82, 2.24) is 9.80 Å². The Hall–Kier alpha value is -1.34. The van der Waals surface area contributed by atoms with Gasteiger partial charge in [0.15, 0.2) is 0 Å². The Labute approximate surface area is 113 Å². The summed E-state index contributed by atoms with van der Waals surface area (Å²) in [6.07, 6.45) is -0.577. The molecule has 1 aliphatic heterocycles. The Kier molecular flexibility index (Phi) is 5.13. The van der Waals surface area contributed by atoms with Crippen LogP contribution in [0.2, 0.25) is 0 Å². The van der Waals surface area contributed by atoms with Gasteiger partial charge in [-0.2, -0.15) is 0 Å². The molecule has 1 saturated heterocycles. The zero-order valence-electron chi connectivity index (χ0n) is 11.8. The van der Waals surface area contributed by atoms with Crippen LogP contribution in [0, 0.1) is 0 Å². The van der Waals surface area contributed by atoms with Crippen molar-refractivity contribution in [3.63, 3.8) is 0 Å². The topological polar surface area (TPSA) is 96.1 Å². The Bertz CT molecular complexity index is 340. The maximum atomic E-state index is 12.0. The largest absolute Gasteiger partial charge is 0.480 e. The molecule has 1 rings (SSSR count). The first-order chi connectivity index (χ1) is 8.74. The number of hydrogen-bond donors (Lipinski definition) is 2. The molecule has 3 N–H and O–H groups in total. The third-order valence-electron chi connectivity index (χ3n) is 2.82. The van der Waals surface area contributed by atoms with Crippen molar-refractivity contribution in [2.75, 3.05) is 32.7 Å². The molecule has 1 aliphatic rings. The number of piperazine rings is 1. The van der Waals surface area contributed by atoms with E-state index in [-0.39, 0.29) is 6.54 Å². The zero-order valence-corrected chi connectivity index (χ0v) is 11.8. The second-order valence-electron chi connectivity index (χ2n) is 5.62. The van der Waals surface area contributed by atoms with Crippen LogP contribution in [-0.4, -0.2) is 71.3 Å². The second kappa shape index (κ2) is 6.21. The molecule has 0 saturated carbocycles. The zero-order chi connectivity index (χ0) is 14.6. The van der Waals surface area contributed by atoms with Gasteiger partial charge in [0.25, 0.3) is 0 Å². The van der Waals surface area contributed by atoms with Gasteiger partial charge in [-0.15, -0.1) is 0 Å². The number of nitrogens with two attached hydrogens (primary N) is 1. The Morgan fingerprint density at radius 2 is 2.00 bits per heavy atom. The highest BCUT2D eigenvalue weighted by molar-refractivity contribution is 5.80. The number of carboxylic acid groups (broad SMARTS) is 1. The monoisotopic (exact) mass is 273 g/mol. The molecule has 0 aromatic carbocycles. The van der Waals surface area contributed by atoms with Crippen LogP contribution in [-0.2, 0) is 9.53 Å². The molecule has 0 aromatic rings. The Morgan fingerprint density at radius 1 is 1.37 bits per heavy atom. The van der Waals surface area contributed by atoms with Gasteiger partial charge >= 0.3 is 12.1 Å². The lowest BCUT2D eigenvalue weighted by Gasteiger charge is -2.39. The molecule has 0 bridgehead atoms. The minimum Gasteiger partial charge on any atom is -0.480 e. The van der Waals surface area contributed by atoms with E-state index in [1.807, 2.05) is 4.90 Å². The summed E-state index contributed by atoms with van der Waals surface area (Å²) >= 11 is 0. The van der Waals surface area contributed by atoms with Crippen LogP contribution in [0.3, 0.4) is 0 Å². The highest BCUT2D eigenvalue weighted by Gasteiger charge is 2.37. The van der Waals surface area contributed by atoms with E-state index < -0.39 is 23.7 Å². The summed E-state index contributed by atoms with van der Waals surface area (Å²) in [4.78, 5) is 26.5. The van der Waals surface area contributed by atoms with E-state index >= 15 is 0 Å². The van der Waals surface area contributed by atoms with E-state index in [9.17, 15) is 14.7 Å². The molecule has 7 nitrogen and oxygen atoms in total. The summed E-state index contributed by atoms with van der Waals surface area (Å²) in [7, 11) is 0. The van der Waals surface area contributed by atoms with Crippen molar-refractivity contribution >= 4 is 12.1 Å². The first-order valence-corrected chi connectivity index (χ1v) is 6.39. The maximum absolute atomic E-state index is 12.0. The van der Waals surface area contributed by atoms with Crippen molar-refractivity contribution in [3.8, 4) is 0 Å². The van der Waals surface area contributed by atoms with Crippen LogP contribution in [0.15, 0.2) is 0 Å². The van der Waals surface area contributed by atoms with E-state index in [4.69, 9.17) is 10.5 Å². The summed E-state index contributed by atoms with van der Waals surface area (Å²) < 4.78 is 5.23. The standard InChI is InChI=1S/C12H23N3O4/c1-12(2,3)19-11(18)15-7-6-14(5-4-13)8-9(15)10(16)17/h9H,4-8,13H2,1-3H3,(H,16,17). The Balaban J connectivity index is 2.72. The van der Waals surface area contributed by atoms with Crippen LogP contribution in [0.25, 0.3) is 0 Å². The summed E-state index contributed by atoms with van der Waals surface area (Å²) in [5.74, 6) is -1.02. The van der Waals surface area contributed by atoms with E-state index in [1.54, 1.807) is 20.8 Å². The quantitative estimate of drug-likeness (QED) is 0.748. The predicted molar refractivity (Wildman–Crippen MR) is 69.9 cm³/mol. The van der Waals surface area contributed by atoms with Gasteiger partial charge in [0.05, 0.1) is 0 Å². The van der Waals surface area contributed by atoms with E-state index in [0.717, 1.165) is 0 Å². The number of rotatable bonds is 3. The first-order valence-electron chi connectivity index (χ1n) is 6.39. The van der Waals surface area contributed by atoms with Gasteiger partial charge in [0, 0.05) is 32.7 Å². The van der Waals surface area contributed by atoms with Crippen molar-refractivity contribution in [2.45, 2.75) is 32.4 Å². The number of carbonyl (C=O) groups is 2. The number of ether oxygens (including phenoxy) is 1. The predicted octanol–water partition coefficient (Wildman–Crippen LogP) is -0.0490. The number of carbonyl (C=O) groups excluding carboxylic acids is 1. The fraction of sp³-hybridized carbons (Fsp3) is 0.833. The van der Waals surface area contributed by atoms with Crippen LogP contribution in [0.1, 0.15) is 20.8 Å².